The van der Waals surface area contributed by atoms with E-state index in [1.165, 1.54) is 12.1 Å². The van der Waals surface area contributed by atoms with Gasteiger partial charge in [0.05, 0.1) is 16.1 Å². The van der Waals surface area contributed by atoms with E-state index in [4.69, 9.17) is 9.47 Å². The molecule has 2 aliphatic heterocycles. The van der Waals surface area contributed by atoms with E-state index in [0.717, 1.165) is 11.0 Å². The minimum Gasteiger partial charge on any atom is -0.353 e. The predicted octanol–water partition coefficient (Wildman–Crippen LogP) is 1.58. The number of methoxy groups -OCH3 is 2. The molecule has 1 aromatic carbocycles. The van der Waals surface area contributed by atoms with Crippen molar-refractivity contribution >= 4 is 23.4 Å². The Morgan fingerprint density at radius 1 is 1.14 bits per heavy atom. The first-order valence-electron chi connectivity index (χ1n) is 9.34. The molecule has 3 rings (SSSR count). The topological polar surface area (TPSA) is 119 Å². The number of rotatable bonds is 7. The minimum atomic E-state index is -0.653. The first-order valence-corrected chi connectivity index (χ1v) is 9.34. The van der Waals surface area contributed by atoms with Crippen LogP contribution in [0.15, 0.2) is 18.2 Å². The molecule has 0 aliphatic carbocycles. The van der Waals surface area contributed by atoms with E-state index in [9.17, 15) is 24.5 Å². The molecule has 1 saturated heterocycles. The molecule has 0 aromatic heterocycles. The van der Waals surface area contributed by atoms with Gasteiger partial charge in [-0.15, -0.1) is 0 Å². The monoisotopic (exact) mass is 405 g/mol. The summed E-state index contributed by atoms with van der Waals surface area (Å²) in [4.78, 5) is 50.4. The van der Waals surface area contributed by atoms with Crippen LogP contribution in [-0.4, -0.2) is 72.1 Å². The highest BCUT2D eigenvalue weighted by Crippen LogP contribution is 2.28. The largest absolute Gasteiger partial charge is 0.353 e. The lowest BCUT2D eigenvalue weighted by atomic mass is 10.0. The van der Waals surface area contributed by atoms with Crippen molar-refractivity contribution in [1.82, 2.24) is 9.80 Å². The van der Waals surface area contributed by atoms with Crippen LogP contribution in [0.2, 0.25) is 0 Å². The summed E-state index contributed by atoms with van der Waals surface area (Å²) in [5.74, 6) is -1.77. The number of imide groups is 1. The molecule has 0 saturated carbocycles. The van der Waals surface area contributed by atoms with E-state index in [1.54, 1.807) is 19.1 Å². The van der Waals surface area contributed by atoms with Gasteiger partial charge in [-0.05, 0) is 12.5 Å². The molecule has 0 spiro atoms. The first-order chi connectivity index (χ1) is 13.8. The van der Waals surface area contributed by atoms with E-state index >= 15 is 0 Å². The zero-order chi connectivity index (χ0) is 21.2. The molecule has 2 aliphatic rings. The normalized spacial score (nSPS) is 18.1. The summed E-state index contributed by atoms with van der Waals surface area (Å²) in [6.07, 6.45) is 1.66. The van der Waals surface area contributed by atoms with Gasteiger partial charge in [-0.3, -0.25) is 29.4 Å². The highest BCUT2D eigenvalue weighted by atomic mass is 16.7. The van der Waals surface area contributed by atoms with Crippen LogP contribution < -0.4 is 0 Å². The van der Waals surface area contributed by atoms with Crippen LogP contribution in [0, 0.1) is 10.1 Å². The third-order valence-electron chi connectivity index (χ3n) is 5.56. The molecule has 1 aromatic rings. The predicted molar refractivity (Wildman–Crippen MR) is 100 cm³/mol. The summed E-state index contributed by atoms with van der Waals surface area (Å²) >= 11 is 0. The van der Waals surface area contributed by atoms with Crippen LogP contribution >= 0.6 is 0 Å². The maximum absolute atomic E-state index is 12.5. The molecule has 10 heteroatoms. The van der Waals surface area contributed by atoms with Crippen molar-refractivity contribution in [3.63, 3.8) is 0 Å². The second-order valence-electron chi connectivity index (χ2n) is 7.05. The molecule has 2 heterocycles. The van der Waals surface area contributed by atoms with Crippen LogP contribution in [0.25, 0.3) is 0 Å². The van der Waals surface area contributed by atoms with Crippen LogP contribution in [0.3, 0.4) is 0 Å². The van der Waals surface area contributed by atoms with Crippen LogP contribution in [0.5, 0.6) is 0 Å². The van der Waals surface area contributed by atoms with Crippen LogP contribution in [0.4, 0.5) is 5.69 Å². The van der Waals surface area contributed by atoms with Crippen molar-refractivity contribution in [2.24, 2.45) is 0 Å². The summed E-state index contributed by atoms with van der Waals surface area (Å²) in [5.41, 5.74) is -0.0596. The summed E-state index contributed by atoms with van der Waals surface area (Å²) < 4.78 is 10.8. The van der Waals surface area contributed by atoms with Gasteiger partial charge in [-0.25, -0.2) is 0 Å². The van der Waals surface area contributed by atoms with E-state index in [0.29, 0.717) is 32.4 Å². The highest BCUT2D eigenvalue weighted by Gasteiger charge is 2.38. The highest BCUT2D eigenvalue weighted by molar-refractivity contribution is 6.21. The van der Waals surface area contributed by atoms with Crippen molar-refractivity contribution in [1.29, 1.82) is 0 Å². The van der Waals surface area contributed by atoms with Gasteiger partial charge in [0.1, 0.15) is 0 Å². The number of hydrogen-bond acceptors (Lipinski definition) is 7. The Labute approximate surface area is 167 Å². The fourth-order valence-corrected chi connectivity index (χ4v) is 3.73. The summed E-state index contributed by atoms with van der Waals surface area (Å²) in [7, 11) is 3.16. The van der Waals surface area contributed by atoms with Gasteiger partial charge in [-0.2, -0.15) is 0 Å². The van der Waals surface area contributed by atoms with E-state index in [2.05, 4.69) is 0 Å². The lowest BCUT2D eigenvalue weighted by Gasteiger charge is -2.39. The summed E-state index contributed by atoms with van der Waals surface area (Å²) in [6, 6.07) is 3.62. The Bertz CT molecular complexity index is 840. The molecule has 29 heavy (non-hydrogen) atoms. The zero-order valence-corrected chi connectivity index (χ0v) is 16.4. The number of ether oxygens (including phenoxy) is 2. The number of piperidine rings is 1. The van der Waals surface area contributed by atoms with Gasteiger partial charge in [0.2, 0.25) is 5.91 Å². The average Bonchev–Trinajstić information content (AvgIpc) is 2.98. The Hall–Kier alpha value is -2.85. The first kappa shape index (κ1) is 20.9. The van der Waals surface area contributed by atoms with E-state index in [1.807, 2.05) is 0 Å². The smallest absolute Gasteiger partial charge is 0.270 e. The number of non-ortho nitro benzene ring substituents is 1. The van der Waals surface area contributed by atoms with Crippen molar-refractivity contribution in [2.45, 2.75) is 31.5 Å². The molecule has 0 N–H and O–H groups in total. The van der Waals surface area contributed by atoms with Gasteiger partial charge >= 0.3 is 0 Å². The standard InChI is InChI=1S/C19H23N3O7/c1-28-19(29-2)7-10-20(11-8-19)16(23)4-3-9-21-17(24)14-6-5-13(22(26)27)12-15(14)18(21)25/h5-6,12H,3-4,7-11H2,1-2H3. The fraction of sp³-hybridized carbons (Fsp3) is 0.526. The molecular weight excluding hydrogens is 382 g/mol. The number of carbonyl (C=O) groups excluding carboxylic acids is 3. The number of carbonyl (C=O) groups is 3. The number of amides is 3. The van der Waals surface area contributed by atoms with Crippen molar-refractivity contribution in [2.75, 3.05) is 33.9 Å². The molecule has 0 bridgehead atoms. The van der Waals surface area contributed by atoms with Crippen molar-refractivity contribution in [3.05, 3.63) is 39.4 Å². The second kappa shape index (κ2) is 8.26. The van der Waals surface area contributed by atoms with Crippen molar-refractivity contribution in [3.8, 4) is 0 Å². The number of nitrogens with zero attached hydrogens (tertiary/aromatic N) is 3. The molecule has 156 valence electrons. The molecule has 10 nitrogen and oxygen atoms in total. The lowest BCUT2D eigenvalue weighted by molar-refractivity contribution is -0.384. The number of nitro benzene ring substituents is 1. The molecular formula is C19H23N3O7. The Balaban J connectivity index is 1.53. The third kappa shape index (κ3) is 3.99. The summed E-state index contributed by atoms with van der Waals surface area (Å²) in [6.45, 7) is 1.11. The average molecular weight is 405 g/mol. The number of hydrogen-bond donors (Lipinski definition) is 0. The van der Waals surface area contributed by atoms with Gasteiger partial charge in [0, 0.05) is 65.2 Å². The summed E-state index contributed by atoms with van der Waals surface area (Å²) in [5, 5.41) is 10.9. The quantitative estimate of drug-likeness (QED) is 0.292. The van der Waals surface area contributed by atoms with E-state index < -0.39 is 22.5 Å². The molecule has 0 radical (unpaired) electrons. The lowest BCUT2D eigenvalue weighted by Crippen LogP contribution is -2.48. The number of nitro groups is 1. The SMILES string of the molecule is COC1(OC)CCN(C(=O)CCCN2C(=O)c3ccc([N+](=O)[O-])cc3C2=O)CC1. The fourth-order valence-electron chi connectivity index (χ4n) is 3.73. The Morgan fingerprint density at radius 2 is 1.76 bits per heavy atom. The van der Waals surface area contributed by atoms with Crippen LogP contribution in [0.1, 0.15) is 46.4 Å². The van der Waals surface area contributed by atoms with Gasteiger partial charge < -0.3 is 14.4 Å². The van der Waals surface area contributed by atoms with Gasteiger partial charge in [0.25, 0.3) is 17.5 Å². The maximum Gasteiger partial charge on any atom is 0.270 e. The van der Waals surface area contributed by atoms with Crippen LogP contribution in [-0.2, 0) is 14.3 Å². The Morgan fingerprint density at radius 3 is 2.34 bits per heavy atom. The number of benzene rings is 1. The number of fused-ring (bicyclic) bond motifs is 1. The molecule has 1 fully saturated rings. The molecule has 0 unspecified atom stereocenters. The zero-order valence-electron chi connectivity index (χ0n) is 16.4. The molecule has 0 atom stereocenters. The van der Waals surface area contributed by atoms with Gasteiger partial charge in [0.15, 0.2) is 5.79 Å². The number of likely N-dealkylation sites (tertiary alicyclic amines) is 1. The van der Waals surface area contributed by atoms with E-state index in [-0.39, 0.29) is 35.7 Å². The Kier molecular flexibility index (Phi) is 5.94. The molecule has 3 amide bonds. The second-order valence-corrected chi connectivity index (χ2v) is 7.05. The minimum absolute atomic E-state index is 0.0297. The maximum atomic E-state index is 12.5. The van der Waals surface area contributed by atoms with Crippen molar-refractivity contribution < 1.29 is 28.8 Å². The third-order valence-corrected chi connectivity index (χ3v) is 5.56. The van der Waals surface area contributed by atoms with Gasteiger partial charge in [-0.1, -0.05) is 0 Å².